The smallest absolute Gasteiger partial charge is 0.426 e. The van der Waals surface area contributed by atoms with Crippen LogP contribution in [0.5, 0.6) is 0 Å². The van der Waals surface area contributed by atoms with Gasteiger partial charge in [-0.1, -0.05) is 45.9 Å². The first kappa shape index (κ1) is 62.4. The molecular weight excluding hydrogens is 841 g/mol. The SMILES string of the molecule is CCCCNC(=O)OC(C)(C)C.CNCC(=O)Nc1ccc(CO)cc1.C[CH-]CCOC(C)(C)C(=O)NNC(=O)OC(C)(C)C.[CH2-]COCC(=O)NC(C=O)C(C)C.[Y]. The molecule has 1 rings (SSSR count). The monoisotopic (exact) mass is 915 g/mol. The van der Waals surface area contributed by atoms with Gasteiger partial charge in [-0.05, 0) is 92.5 Å². The van der Waals surface area contributed by atoms with E-state index in [1.807, 2.05) is 48.0 Å². The number of carbonyl (C=O) groups excluding carboxylic acids is 6. The van der Waals surface area contributed by atoms with Gasteiger partial charge in [-0.25, -0.2) is 15.0 Å². The maximum atomic E-state index is 11.8. The summed E-state index contributed by atoms with van der Waals surface area (Å²) in [5, 5.41) is 19.5. The molecule has 0 spiro atoms. The molecule has 59 heavy (non-hydrogen) atoms. The van der Waals surface area contributed by atoms with Crippen LogP contribution in [0, 0.1) is 19.3 Å². The number of aldehydes is 1. The Hall–Kier alpha value is -3.22. The van der Waals surface area contributed by atoms with Gasteiger partial charge in [0.1, 0.15) is 29.7 Å². The third-order valence-electron chi connectivity index (χ3n) is 6.62. The first-order valence-electron chi connectivity index (χ1n) is 19.4. The van der Waals surface area contributed by atoms with Crippen LogP contribution in [0.15, 0.2) is 24.3 Å². The minimum atomic E-state index is -1.02. The van der Waals surface area contributed by atoms with Crippen molar-refractivity contribution in [2.45, 2.75) is 132 Å². The van der Waals surface area contributed by atoms with Crippen molar-refractivity contribution in [3.05, 3.63) is 43.2 Å². The third kappa shape index (κ3) is 40.0. The minimum Gasteiger partial charge on any atom is -0.444 e. The summed E-state index contributed by atoms with van der Waals surface area (Å²) < 4.78 is 20.2. The first-order valence-corrected chi connectivity index (χ1v) is 19.4. The summed E-state index contributed by atoms with van der Waals surface area (Å²) in [5.74, 6) is -0.700. The van der Waals surface area contributed by atoms with Crippen molar-refractivity contribution in [3.63, 3.8) is 0 Å². The van der Waals surface area contributed by atoms with Gasteiger partial charge in [0.15, 0.2) is 0 Å². The zero-order chi connectivity index (χ0) is 45.4. The Balaban J connectivity index is -0.000000345. The van der Waals surface area contributed by atoms with E-state index < -0.39 is 34.8 Å². The van der Waals surface area contributed by atoms with Crippen LogP contribution in [0.1, 0.15) is 108 Å². The molecule has 0 aromatic heterocycles. The number of ether oxygens (including phenoxy) is 4. The molecule has 5 amide bonds. The Labute approximate surface area is 378 Å². The van der Waals surface area contributed by atoms with Crippen molar-refractivity contribution in [2.75, 3.05) is 45.3 Å². The second kappa shape index (κ2) is 35.5. The number of rotatable bonds is 18. The van der Waals surface area contributed by atoms with Gasteiger partial charge in [-0.3, -0.25) is 19.8 Å². The Morgan fingerprint density at radius 2 is 1.46 bits per heavy atom. The van der Waals surface area contributed by atoms with Crippen molar-refractivity contribution in [1.82, 2.24) is 26.8 Å². The Kier molecular flexibility index (Phi) is 37.6. The molecule has 0 saturated heterocycles. The van der Waals surface area contributed by atoms with E-state index in [2.05, 4.69) is 46.0 Å². The van der Waals surface area contributed by atoms with Crippen LogP contribution in [-0.2, 0) is 77.4 Å². The van der Waals surface area contributed by atoms with Crippen LogP contribution >= 0.6 is 0 Å². The molecule has 0 heterocycles. The molecule has 0 fully saturated rings. The predicted molar refractivity (Wildman–Crippen MR) is 225 cm³/mol. The maximum absolute atomic E-state index is 11.8. The fourth-order valence-electron chi connectivity index (χ4n) is 3.55. The number of nitrogens with one attached hydrogen (secondary N) is 6. The topological polar surface area (TPSA) is 232 Å². The van der Waals surface area contributed by atoms with E-state index in [1.54, 1.807) is 65.9 Å². The number of unbranched alkanes of at least 4 members (excludes halogenated alkanes) is 2. The molecule has 1 aromatic carbocycles. The zero-order valence-corrected chi connectivity index (χ0v) is 40.6. The van der Waals surface area contributed by atoms with Crippen molar-refractivity contribution in [1.29, 1.82) is 0 Å². The van der Waals surface area contributed by atoms with Gasteiger partial charge < -0.3 is 63.5 Å². The van der Waals surface area contributed by atoms with E-state index in [1.165, 1.54) is 0 Å². The largest absolute Gasteiger partial charge is 0.444 e. The van der Waals surface area contributed by atoms with E-state index >= 15 is 0 Å². The van der Waals surface area contributed by atoms with E-state index in [9.17, 15) is 28.8 Å². The molecular formula is C41H74N6O11Y-2. The molecule has 18 heteroatoms. The summed E-state index contributed by atoms with van der Waals surface area (Å²) in [6.07, 6.45) is 4.49. The average Bonchev–Trinajstić information content (AvgIpc) is 3.11. The number of anilines is 1. The quantitative estimate of drug-likeness (QED) is 0.0457. The number of amides is 5. The second-order valence-corrected chi connectivity index (χ2v) is 15.4. The number of hydrazine groups is 1. The standard InChI is InChI=1S/C13H25N2O4.C10H14N2O2.C9H16NO3.C9H19NO2.Y/c1-7-8-9-18-13(5,6)10(16)14-15-11(17)19-12(2,3)4;1-11-6-10(14)12-9-4-2-8(7-13)3-5-9;1-4-13-6-9(12)10-8(5-11)7(2)3;1-5-6-7-10-8(11)12-9(2,3)4;/h7H,8-9H2,1-6H3,(H,14,16)(H,15,17);2-5,11,13H,6-7H2,1H3,(H,12,14);5,7-8H,1,4,6H2,2-3H3,(H,10,12);5-7H2,1-4H3,(H,10,11);/q-1;;-1;;. The Bertz CT molecular complexity index is 1300. The summed E-state index contributed by atoms with van der Waals surface area (Å²) in [5.41, 5.74) is 4.01. The van der Waals surface area contributed by atoms with Gasteiger partial charge in [0.05, 0.1) is 19.2 Å². The summed E-state index contributed by atoms with van der Waals surface area (Å²) >= 11 is 0. The van der Waals surface area contributed by atoms with Crippen LogP contribution in [0.2, 0.25) is 0 Å². The summed E-state index contributed by atoms with van der Waals surface area (Å²) in [7, 11) is 1.72. The van der Waals surface area contributed by atoms with Gasteiger partial charge in [-0.2, -0.15) is 13.3 Å². The summed E-state index contributed by atoms with van der Waals surface area (Å²) in [6, 6.07) is 6.64. The second-order valence-electron chi connectivity index (χ2n) is 15.4. The van der Waals surface area contributed by atoms with Crippen molar-refractivity contribution in [3.8, 4) is 0 Å². The zero-order valence-electron chi connectivity index (χ0n) is 37.8. The van der Waals surface area contributed by atoms with Crippen LogP contribution in [-0.4, -0.2) is 104 Å². The van der Waals surface area contributed by atoms with Crippen LogP contribution in [0.3, 0.4) is 0 Å². The van der Waals surface area contributed by atoms with Crippen molar-refractivity contribution in [2.24, 2.45) is 5.92 Å². The van der Waals surface area contributed by atoms with Gasteiger partial charge in [0, 0.05) is 51.5 Å². The van der Waals surface area contributed by atoms with Crippen molar-refractivity contribution < 1.29 is 85.5 Å². The molecule has 0 bridgehead atoms. The van der Waals surface area contributed by atoms with Gasteiger partial charge >= 0.3 is 12.2 Å². The van der Waals surface area contributed by atoms with Crippen molar-refractivity contribution >= 4 is 41.9 Å². The molecule has 1 radical (unpaired) electrons. The average molecular weight is 916 g/mol. The van der Waals surface area contributed by atoms with E-state index in [0.29, 0.717) is 19.7 Å². The Morgan fingerprint density at radius 3 is 1.90 bits per heavy atom. The fraction of sp³-hybridized carbons (Fsp3) is 0.659. The first-order chi connectivity index (χ1) is 26.9. The number of carbonyl (C=O) groups is 6. The van der Waals surface area contributed by atoms with Gasteiger partial charge in [-0.15, -0.1) is 0 Å². The number of aliphatic hydroxyl groups is 1. The van der Waals surface area contributed by atoms with E-state index in [-0.39, 0.29) is 76.4 Å². The number of alkyl carbamates (subject to hydrolysis) is 1. The normalized spacial score (nSPS) is 11.2. The van der Waals surface area contributed by atoms with Gasteiger partial charge in [0.25, 0.3) is 5.91 Å². The molecule has 339 valence electrons. The third-order valence-corrected chi connectivity index (χ3v) is 6.62. The van der Waals surface area contributed by atoms with Crippen LogP contribution in [0.25, 0.3) is 0 Å². The summed E-state index contributed by atoms with van der Waals surface area (Å²) in [4.78, 5) is 66.9. The molecule has 0 aliphatic carbocycles. The minimum absolute atomic E-state index is 0. The van der Waals surface area contributed by atoms with E-state index in [0.717, 1.165) is 36.8 Å². The molecule has 1 aromatic rings. The molecule has 1 unspecified atom stereocenters. The van der Waals surface area contributed by atoms with Crippen LogP contribution in [0.4, 0.5) is 15.3 Å². The fourth-order valence-corrected chi connectivity index (χ4v) is 3.55. The number of hydrogen-bond acceptors (Lipinski definition) is 12. The molecule has 17 nitrogen and oxygen atoms in total. The maximum Gasteiger partial charge on any atom is 0.426 e. The summed E-state index contributed by atoms with van der Waals surface area (Å²) in [6.45, 7) is 26.9. The molecule has 7 N–H and O–H groups in total. The molecule has 0 aliphatic heterocycles. The molecule has 1 atom stereocenters. The van der Waals surface area contributed by atoms with E-state index in [4.69, 9.17) is 24.1 Å². The number of aliphatic hydroxyl groups excluding tert-OH is 1. The number of likely N-dealkylation sites (N-methyl/N-ethyl adjacent to an activating group) is 1. The predicted octanol–water partition coefficient (Wildman–Crippen LogP) is 4.77. The number of hydrogen-bond donors (Lipinski definition) is 7. The molecule has 0 saturated carbocycles. The number of benzene rings is 1. The Morgan fingerprint density at radius 1 is 0.898 bits per heavy atom. The molecule has 0 aliphatic rings. The van der Waals surface area contributed by atoms with Crippen LogP contribution < -0.4 is 32.1 Å². The van der Waals surface area contributed by atoms with Gasteiger partial charge in [0.2, 0.25) is 11.8 Å².